The van der Waals surface area contributed by atoms with Crippen molar-refractivity contribution in [3.05, 3.63) is 35.4 Å². The Balaban J connectivity index is 0.000000157. The molecule has 1 aromatic rings. The predicted molar refractivity (Wildman–Crippen MR) is 108 cm³/mol. The number of benzene rings is 1. The average Bonchev–Trinajstić information content (AvgIpc) is 3.33. The van der Waals surface area contributed by atoms with Crippen LogP contribution in [0.4, 0.5) is 0 Å². The molecule has 0 aliphatic carbocycles. The van der Waals surface area contributed by atoms with Crippen molar-refractivity contribution >= 4 is 0 Å². The molecule has 4 heteroatoms. The van der Waals surface area contributed by atoms with Gasteiger partial charge in [0, 0.05) is 26.2 Å². The number of nitrogens with one attached hydrogen (secondary N) is 1. The lowest BCUT2D eigenvalue weighted by atomic mass is 10.1. The molecule has 0 bridgehead atoms. The summed E-state index contributed by atoms with van der Waals surface area (Å²) in [6.45, 7) is 11.1. The molecule has 4 nitrogen and oxygen atoms in total. The lowest BCUT2D eigenvalue weighted by Crippen LogP contribution is -2.49. The van der Waals surface area contributed by atoms with Crippen molar-refractivity contribution in [2.24, 2.45) is 0 Å². The zero-order chi connectivity index (χ0) is 17.8. The molecular formula is C22H36N4. The summed E-state index contributed by atoms with van der Waals surface area (Å²) in [7, 11) is 0. The van der Waals surface area contributed by atoms with E-state index in [9.17, 15) is 0 Å². The maximum Gasteiger partial charge on any atom is 0.0625 e. The maximum atomic E-state index is 3.51. The summed E-state index contributed by atoms with van der Waals surface area (Å²) in [5, 5.41) is 3.51. The van der Waals surface area contributed by atoms with Crippen LogP contribution in [0.25, 0.3) is 0 Å². The highest BCUT2D eigenvalue weighted by Crippen LogP contribution is 2.26. The first-order chi connectivity index (χ1) is 12.8. The van der Waals surface area contributed by atoms with Crippen LogP contribution in [-0.2, 0) is 6.54 Å². The third-order valence-electron chi connectivity index (χ3n) is 6.51. The van der Waals surface area contributed by atoms with E-state index >= 15 is 0 Å². The molecule has 5 rings (SSSR count). The lowest BCUT2D eigenvalue weighted by Gasteiger charge is -2.40. The number of aryl methyl sites for hydroxylation is 1. The monoisotopic (exact) mass is 356 g/mol. The molecular weight excluding hydrogens is 320 g/mol. The summed E-state index contributed by atoms with van der Waals surface area (Å²) in [6.07, 6.45) is 9.68. The smallest absolute Gasteiger partial charge is 0.0625 e. The van der Waals surface area contributed by atoms with E-state index in [2.05, 4.69) is 51.2 Å². The summed E-state index contributed by atoms with van der Waals surface area (Å²) >= 11 is 0. The zero-order valence-corrected chi connectivity index (χ0v) is 16.5. The number of nitrogens with zero attached hydrogens (tertiary/aromatic N) is 3. The standard InChI is InChI=1S/C15H22N2.C7H14N2/c1-13-5-7-14(8-6-13)12-17-11-3-10-16-9-2-4-15(16)17;1-3-7-8-4-2-6-9(7)5-1/h5-8,15H,2-4,9-12H2,1H3;7-8H,1-6H2. The van der Waals surface area contributed by atoms with Gasteiger partial charge in [-0.15, -0.1) is 0 Å². The summed E-state index contributed by atoms with van der Waals surface area (Å²) in [5.74, 6) is 0. The zero-order valence-electron chi connectivity index (χ0n) is 16.5. The summed E-state index contributed by atoms with van der Waals surface area (Å²) in [6, 6.07) is 9.02. The number of rotatable bonds is 2. The summed E-state index contributed by atoms with van der Waals surface area (Å²) < 4.78 is 0. The van der Waals surface area contributed by atoms with E-state index in [4.69, 9.17) is 0 Å². The van der Waals surface area contributed by atoms with E-state index in [-0.39, 0.29) is 0 Å². The molecule has 4 aliphatic rings. The van der Waals surface area contributed by atoms with Gasteiger partial charge in [0.1, 0.15) is 0 Å². The van der Waals surface area contributed by atoms with Gasteiger partial charge < -0.3 is 5.32 Å². The lowest BCUT2D eigenvalue weighted by molar-refractivity contribution is 0.0287. The molecule has 0 radical (unpaired) electrons. The van der Waals surface area contributed by atoms with E-state index in [0.29, 0.717) is 0 Å². The maximum absolute atomic E-state index is 3.51. The third-order valence-corrected chi connectivity index (χ3v) is 6.51. The minimum Gasteiger partial charge on any atom is -0.302 e. The topological polar surface area (TPSA) is 21.8 Å². The fourth-order valence-corrected chi connectivity index (χ4v) is 5.10. The molecule has 1 N–H and O–H groups in total. The molecule has 144 valence electrons. The summed E-state index contributed by atoms with van der Waals surface area (Å²) in [4.78, 5) is 7.89. The molecule has 2 atom stereocenters. The van der Waals surface area contributed by atoms with Crippen molar-refractivity contribution in [1.82, 2.24) is 20.0 Å². The van der Waals surface area contributed by atoms with Gasteiger partial charge in [-0.3, -0.25) is 14.7 Å². The van der Waals surface area contributed by atoms with E-state index in [0.717, 1.165) is 18.9 Å². The van der Waals surface area contributed by atoms with E-state index in [1.165, 1.54) is 88.9 Å². The number of hydrogen-bond donors (Lipinski definition) is 1. The normalized spacial score (nSPS) is 29.7. The second kappa shape index (κ2) is 8.83. The number of fused-ring (bicyclic) bond motifs is 2. The van der Waals surface area contributed by atoms with Crippen molar-refractivity contribution in [3.8, 4) is 0 Å². The van der Waals surface area contributed by atoms with Crippen LogP contribution >= 0.6 is 0 Å². The Morgan fingerprint density at radius 3 is 2.42 bits per heavy atom. The van der Waals surface area contributed by atoms with Gasteiger partial charge in [-0.1, -0.05) is 29.8 Å². The molecule has 26 heavy (non-hydrogen) atoms. The van der Waals surface area contributed by atoms with Gasteiger partial charge in [-0.25, -0.2) is 0 Å². The van der Waals surface area contributed by atoms with Crippen molar-refractivity contribution < 1.29 is 0 Å². The highest BCUT2D eigenvalue weighted by molar-refractivity contribution is 5.21. The van der Waals surface area contributed by atoms with Crippen LogP contribution in [0.5, 0.6) is 0 Å². The van der Waals surface area contributed by atoms with Crippen molar-refractivity contribution in [1.29, 1.82) is 0 Å². The Hall–Kier alpha value is -0.940. The molecule has 4 fully saturated rings. The second-order valence-electron chi connectivity index (χ2n) is 8.47. The Morgan fingerprint density at radius 1 is 0.846 bits per heavy atom. The van der Waals surface area contributed by atoms with Crippen LogP contribution in [0.15, 0.2) is 24.3 Å². The van der Waals surface area contributed by atoms with Crippen molar-refractivity contribution in [2.75, 3.05) is 39.3 Å². The predicted octanol–water partition coefficient (Wildman–Crippen LogP) is 3.02. The van der Waals surface area contributed by atoms with E-state index in [1.807, 2.05) is 0 Å². The van der Waals surface area contributed by atoms with Gasteiger partial charge in [0.2, 0.25) is 0 Å². The summed E-state index contributed by atoms with van der Waals surface area (Å²) in [5.41, 5.74) is 2.82. The minimum atomic E-state index is 0.727. The Labute approximate surface area is 159 Å². The Bertz CT molecular complexity index is 546. The Morgan fingerprint density at radius 2 is 1.58 bits per heavy atom. The minimum absolute atomic E-state index is 0.727. The molecule has 2 unspecified atom stereocenters. The van der Waals surface area contributed by atoms with Gasteiger partial charge in [0.05, 0.1) is 12.3 Å². The highest BCUT2D eigenvalue weighted by atomic mass is 15.4. The largest absolute Gasteiger partial charge is 0.302 e. The van der Waals surface area contributed by atoms with E-state index < -0.39 is 0 Å². The molecule has 4 heterocycles. The van der Waals surface area contributed by atoms with Crippen LogP contribution in [0.3, 0.4) is 0 Å². The van der Waals surface area contributed by atoms with Crippen LogP contribution in [0, 0.1) is 6.92 Å². The SMILES string of the molecule is C1CNC2CCCN2C1.Cc1ccc(CN2CCCN3CCCC32)cc1. The van der Waals surface area contributed by atoms with Crippen LogP contribution in [0.2, 0.25) is 0 Å². The van der Waals surface area contributed by atoms with E-state index in [1.54, 1.807) is 0 Å². The quantitative estimate of drug-likeness (QED) is 0.879. The van der Waals surface area contributed by atoms with Crippen molar-refractivity contribution in [3.63, 3.8) is 0 Å². The van der Waals surface area contributed by atoms with Gasteiger partial charge in [-0.05, 0) is 70.6 Å². The first kappa shape index (κ1) is 18.4. The van der Waals surface area contributed by atoms with Crippen molar-refractivity contribution in [2.45, 2.75) is 64.3 Å². The Kier molecular flexibility index (Phi) is 6.26. The van der Waals surface area contributed by atoms with Crippen LogP contribution in [0.1, 0.15) is 49.7 Å². The first-order valence-corrected chi connectivity index (χ1v) is 10.8. The molecule has 0 saturated carbocycles. The first-order valence-electron chi connectivity index (χ1n) is 10.8. The molecule has 1 aromatic carbocycles. The molecule has 4 aliphatic heterocycles. The van der Waals surface area contributed by atoms with Gasteiger partial charge in [0.25, 0.3) is 0 Å². The molecule has 0 spiro atoms. The second-order valence-corrected chi connectivity index (χ2v) is 8.47. The van der Waals surface area contributed by atoms with Crippen LogP contribution < -0.4 is 5.32 Å². The average molecular weight is 357 g/mol. The van der Waals surface area contributed by atoms with Gasteiger partial charge >= 0.3 is 0 Å². The third kappa shape index (κ3) is 4.48. The van der Waals surface area contributed by atoms with Gasteiger partial charge in [-0.2, -0.15) is 0 Å². The fourth-order valence-electron chi connectivity index (χ4n) is 5.10. The fraction of sp³-hybridized carbons (Fsp3) is 0.727. The molecule has 0 aromatic heterocycles. The molecule has 0 amide bonds. The highest BCUT2D eigenvalue weighted by Gasteiger charge is 2.32. The van der Waals surface area contributed by atoms with Gasteiger partial charge in [0.15, 0.2) is 0 Å². The molecule has 4 saturated heterocycles. The number of hydrogen-bond acceptors (Lipinski definition) is 4. The van der Waals surface area contributed by atoms with Crippen LogP contribution in [-0.4, -0.2) is 66.3 Å².